The van der Waals surface area contributed by atoms with Gasteiger partial charge in [-0.1, -0.05) is 0 Å². The Balaban J connectivity index is 2.22. The summed E-state index contributed by atoms with van der Waals surface area (Å²) in [7, 11) is 0. The minimum Gasteiger partial charge on any atom is -0.462 e. The van der Waals surface area contributed by atoms with E-state index in [1.54, 1.807) is 6.92 Å². The van der Waals surface area contributed by atoms with E-state index >= 15 is 0 Å². The summed E-state index contributed by atoms with van der Waals surface area (Å²) in [5, 5.41) is 6.60. The molecule has 2 heterocycles. The highest BCUT2D eigenvalue weighted by Gasteiger charge is 2.19. The highest BCUT2D eigenvalue weighted by atomic mass is 16.5. The Morgan fingerprint density at radius 1 is 1.28 bits per heavy atom. The van der Waals surface area contributed by atoms with Crippen LogP contribution in [0.2, 0.25) is 0 Å². The van der Waals surface area contributed by atoms with Crippen LogP contribution in [0, 0.1) is 6.92 Å². The zero-order chi connectivity index (χ0) is 18.6. The SMILES string of the molecule is CCOC(=O)c1cn(CC)nc1NC(=O)Cn1cc(C)c(=O)[nH]c1=O. The normalized spacial score (nSPS) is 10.5. The molecule has 2 rings (SSSR count). The number of carbonyl (C=O) groups is 2. The molecule has 134 valence electrons. The van der Waals surface area contributed by atoms with Gasteiger partial charge in [-0.3, -0.25) is 23.8 Å². The summed E-state index contributed by atoms with van der Waals surface area (Å²) >= 11 is 0. The van der Waals surface area contributed by atoms with E-state index in [2.05, 4.69) is 15.4 Å². The second kappa shape index (κ2) is 7.60. The summed E-state index contributed by atoms with van der Waals surface area (Å²) in [5.41, 5.74) is -0.777. The van der Waals surface area contributed by atoms with Crippen molar-refractivity contribution in [3.63, 3.8) is 0 Å². The van der Waals surface area contributed by atoms with Crippen molar-refractivity contribution in [2.45, 2.75) is 33.9 Å². The number of hydrogen-bond acceptors (Lipinski definition) is 6. The fraction of sp³-hybridized carbons (Fsp3) is 0.400. The standard InChI is InChI=1S/C15H19N5O5/c1-4-20-7-10(14(23)25-5-2)12(18-20)16-11(21)8-19-6-9(3)13(22)17-15(19)24/h6-7H,4-5,8H2,1-3H3,(H,16,18,21)(H,17,22,24). The number of rotatable bonds is 6. The van der Waals surface area contributed by atoms with Crippen LogP contribution < -0.4 is 16.6 Å². The monoisotopic (exact) mass is 349 g/mol. The minimum absolute atomic E-state index is 0.0551. The highest BCUT2D eigenvalue weighted by molar-refractivity contribution is 5.99. The lowest BCUT2D eigenvalue weighted by atomic mass is 10.3. The van der Waals surface area contributed by atoms with E-state index in [9.17, 15) is 19.2 Å². The molecule has 0 fully saturated rings. The van der Waals surface area contributed by atoms with Gasteiger partial charge in [-0.05, 0) is 20.8 Å². The molecular weight excluding hydrogens is 330 g/mol. The lowest BCUT2D eigenvalue weighted by Crippen LogP contribution is -2.34. The van der Waals surface area contributed by atoms with Gasteiger partial charge in [-0.25, -0.2) is 9.59 Å². The van der Waals surface area contributed by atoms with Crippen LogP contribution in [-0.4, -0.2) is 37.8 Å². The molecule has 2 aromatic heterocycles. The van der Waals surface area contributed by atoms with E-state index in [4.69, 9.17) is 4.74 Å². The first kappa shape index (κ1) is 18.2. The summed E-state index contributed by atoms with van der Waals surface area (Å²) in [4.78, 5) is 49.3. The smallest absolute Gasteiger partial charge is 0.343 e. The van der Waals surface area contributed by atoms with E-state index in [0.717, 1.165) is 4.57 Å². The summed E-state index contributed by atoms with van der Waals surface area (Å²) in [6.45, 7) is 5.38. The molecule has 2 N–H and O–H groups in total. The van der Waals surface area contributed by atoms with E-state index in [1.165, 1.54) is 24.0 Å². The van der Waals surface area contributed by atoms with Crippen molar-refractivity contribution >= 4 is 17.7 Å². The molecule has 10 nitrogen and oxygen atoms in total. The van der Waals surface area contributed by atoms with Gasteiger partial charge in [-0.15, -0.1) is 0 Å². The van der Waals surface area contributed by atoms with Crippen LogP contribution in [0.5, 0.6) is 0 Å². The van der Waals surface area contributed by atoms with Gasteiger partial charge in [0.2, 0.25) is 5.91 Å². The molecule has 0 radical (unpaired) electrons. The molecular formula is C15H19N5O5. The van der Waals surface area contributed by atoms with Gasteiger partial charge in [-0.2, -0.15) is 5.10 Å². The first-order valence-corrected chi connectivity index (χ1v) is 7.70. The maximum Gasteiger partial charge on any atom is 0.343 e. The Hall–Kier alpha value is -3.17. The Morgan fingerprint density at radius 3 is 2.64 bits per heavy atom. The van der Waals surface area contributed by atoms with Gasteiger partial charge in [0, 0.05) is 24.5 Å². The molecule has 0 saturated carbocycles. The fourth-order valence-corrected chi connectivity index (χ4v) is 2.10. The number of aryl methyl sites for hydroxylation is 2. The van der Waals surface area contributed by atoms with Crippen molar-refractivity contribution in [1.82, 2.24) is 19.3 Å². The Morgan fingerprint density at radius 2 is 2.00 bits per heavy atom. The third kappa shape index (κ3) is 4.22. The zero-order valence-electron chi connectivity index (χ0n) is 14.2. The molecule has 0 aliphatic heterocycles. The number of nitrogens with one attached hydrogen (secondary N) is 2. The predicted octanol–water partition coefficient (Wildman–Crippen LogP) is -0.123. The molecule has 2 aromatic rings. The fourth-order valence-electron chi connectivity index (χ4n) is 2.10. The molecule has 0 aromatic carbocycles. The number of nitrogens with zero attached hydrogens (tertiary/aromatic N) is 3. The molecule has 0 spiro atoms. The molecule has 10 heteroatoms. The molecule has 0 aliphatic rings. The van der Waals surface area contributed by atoms with Gasteiger partial charge in [0.15, 0.2) is 5.82 Å². The number of aromatic nitrogens is 4. The number of H-pyrrole nitrogens is 1. The van der Waals surface area contributed by atoms with Crippen molar-refractivity contribution in [1.29, 1.82) is 0 Å². The maximum absolute atomic E-state index is 12.2. The van der Waals surface area contributed by atoms with Crippen molar-refractivity contribution in [3.05, 3.63) is 44.4 Å². The van der Waals surface area contributed by atoms with Crippen LogP contribution in [0.15, 0.2) is 22.0 Å². The van der Waals surface area contributed by atoms with E-state index in [-0.39, 0.29) is 24.5 Å². The van der Waals surface area contributed by atoms with E-state index < -0.39 is 23.1 Å². The highest BCUT2D eigenvalue weighted by Crippen LogP contribution is 2.14. The molecule has 25 heavy (non-hydrogen) atoms. The van der Waals surface area contributed by atoms with Crippen LogP contribution in [-0.2, 0) is 22.6 Å². The molecule has 0 saturated heterocycles. The van der Waals surface area contributed by atoms with E-state index in [0.29, 0.717) is 12.1 Å². The number of carbonyl (C=O) groups excluding carboxylic acids is 2. The lowest BCUT2D eigenvalue weighted by molar-refractivity contribution is -0.116. The maximum atomic E-state index is 12.2. The number of ether oxygens (including phenoxy) is 1. The van der Waals surface area contributed by atoms with Crippen molar-refractivity contribution in [3.8, 4) is 0 Å². The van der Waals surface area contributed by atoms with Gasteiger partial charge in [0.1, 0.15) is 12.1 Å². The Labute approximate surface area is 142 Å². The van der Waals surface area contributed by atoms with Crippen molar-refractivity contribution < 1.29 is 14.3 Å². The van der Waals surface area contributed by atoms with Crippen LogP contribution in [0.4, 0.5) is 5.82 Å². The second-order valence-corrected chi connectivity index (χ2v) is 5.22. The summed E-state index contributed by atoms with van der Waals surface area (Å²) in [6.07, 6.45) is 2.77. The first-order valence-electron chi connectivity index (χ1n) is 7.70. The molecule has 1 amide bonds. The third-order valence-corrected chi connectivity index (χ3v) is 3.34. The minimum atomic E-state index is -0.699. The third-order valence-electron chi connectivity index (χ3n) is 3.34. The number of esters is 1. The van der Waals surface area contributed by atoms with Gasteiger partial charge >= 0.3 is 11.7 Å². The number of hydrogen-bond donors (Lipinski definition) is 2. The molecule has 0 bridgehead atoms. The van der Waals surface area contributed by atoms with Crippen LogP contribution in [0.3, 0.4) is 0 Å². The molecule has 0 atom stereocenters. The average molecular weight is 349 g/mol. The van der Waals surface area contributed by atoms with Gasteiger partial charge in [0.25, 0.3) is 5.56 Å². The Kier molecular flexibility index (Phi) is 5.52. The zero-order valence-corrected chi connectivity index (χ0v) is 14.2. The average Bonchev–Trinajstić information content (AvgIpc) is 2.95. The largest absolute Gasteiger partial charge is 0.462 e. The summed E-state index contributed by atoms with van der Waals surface area (Å²) < 4.78 is 7.48. The quantitative estimate of drug-likeness (QED) is 0.700. The number of anilines is 1. The predicted molar refractivity (Wildman–Crippen MR) is 88.5 cm³/mol. The number of aromatic amines is 1. The molecule has 0 unspecified atom stereocenters. The summed E-state index contributed by atoms with van der Waals surface area (Å²) in [6, 6.07) is 0. The van der Waals surface area contributed by atoms with Crippen molar-refractivity contribution in [2.75, 3.05) is 11.9 Å². The summed E-state index contributed by atoms with van der Waals surface area (Å²) in [5.74, 6) is -1.12. The van der Waals surface area contributed by atoms with Gasteiger partial charge < -0.3 is 10.1 Å². The van der Waals surface area contributed by atoms with Crippen LogP contribution >= 0.6 is 0 Å². The second-order valence-electron chi connectivity index (χ2n) is 5.22. The van der Waals surface area contributed by atoms with Gasteiger partial charge in [0.05, 0.1) is 6.61 Å². The first-order chi connectivity index (χ1) is 11.8. The van der Waals surface area contributed by atoms with Crippen molar-refractivity contribution in [2.24, 2.45) is 0 Å². The number of amides is 1. The van der Waals surface area contributed by atoms with Crippen LogP contribution in [0.25, 0.3) is 0 Å². The molecule has 0 aliphatic carbocycles. The van der Waals surface area contributed by atoms with Crippen LogP contribution in [0.1, 0.15) is 29.8 Å². The Bertz CT molecular complexity index is 908. The lowest BCUT2D eigenvalue weighted by Gasteiger charge is -2.07. The topological polar surface area (TPSA) is 128 Å². The van der Waals surface area contributed by atoms with E-state index in [1.807, 2.05) is 6.92 Å².